The molecule has 0 spiro atoms. The molecule has 0 saturated heterocycles. The fourth-order valence-corrected chi connectivity index (χ4v) is 2.26. The average Bonchev–Trinajstić information content (AvgIpc) is 2.64. The molecule has 0 heterocycles. The van der Waals surface area contributed by atoms with E-state index in [0.717, 1.165) is 11.6 Å². The maximum Gasteiger partial charge on any atom is 0.343 e. The molecule has 1 N–H and O–H groups in total. The number of methoxy groups -OCH3 is 1. The molecule has 0 aliphatic carbocycles. The van der Waals surface area contributed by atoms with Crippen LogP contribution in [-0.4, -0.2) is 31.6 Å². The lowest BCUT2D eigenvalue weighted by atomic mass is 10.1. The van der Waals surface area contributed by atoms with Crippen molar-refractivity contribution >= 4 is 29.4 Å². The minimum absolute atomic E-state index is 0.0962. The van der Waals surface area contributed by atoms with Gasteiger partial charge in [-0.25, -0.2) is 14.0 Å². The molecular weight excluding hydrogens is 365 g/mol. The van der Waals surface area contributed by atoms with Crippen molar-refractivity contribution < 1.29 is 28.2 Å². The van der Waals surface area contributed by atoms with E-state index in [1.54, 1.807) is 24.3 Å². The molecule has 8 heteroatoms. The minimum Gasteiger partial charge on any atom is -0.465 e. The number of halogens is 2. The van der Waals surface area contributed by atoms with Gasteiger partial charge < -0.3 is 14.8 Å². The molecule has 0 aliphatic heterocycles. The van der Waals surface area contributed by atoms with Crippen LogP contribution < -0.4 is 5.32 Å². The van der Waals surface area contributed by atoms with Gasteiger partial charge in [-0.05, 0) is 29.8 Å². The molecule has 1 amide bonds. The van der Waals surface area contributed by atoms with Gasteiger partial charge in [-0.1, -0.05) is 29.8 Å². The lowest BCUT2D eigenvalue weighted by Gasteiger charge is -2.08. The van der Waals surface area contributed by atoms with Crippen LogP contribution >= 0.6 is 11.6 Å². The third-order valence-electron chi connectivity index (χ3n) is 3.37. The van der Waals surface area contributed by atoms with Gasteiger partial charge >= 0.3 is 11.9 Å². The molecule has 0 saturated carbocycles. The van der Waals surface area contributed by atoms with E-state index in [4.69, 9.17) is 16.3 Å². The minimum atomic E-state index is -1.02. The molecular formula is C18H15ClFNO5. The first-order valence-electron chi connectivity index (χ1n) is 7.47. The van der Waals surface area contributed by atoms with E-state index in [0.29, 0.717) is 5.56 Å². The largest absolute Gasteiger partial charge is 0.465 e. The van der Waals surface area contributed by atoms with Crippen LogP contribution in [0.2, 0.25) is 5.02 Å². The molecule has 0 fully saturated rings. The molecule has 0 atom stereocenters. The lowest BCUT2D eigenvalue weighted by molar-refractivity contribution is -0.124. The second-order valence-corrected chi connectivity index (χ2v) is 5.55. The lowest BCUT2D eigenvalue weighted by Crippen LogP contribution is -2.28. The molecule has 0 aromatic heterocycles. The number of benzene rings is 2. The Kier molecular flexibility index (Phi) is 6.68. The van der Waals surface area contributed by atoms with E-state index in [1.807, 2.05) is 0 Å². The van der Waals surface area contributed by atoms with E-state index in [2.05, 4.69) is 10.1 Å². The smallest absolute Gasteiger partial charge is 0.343 e. The number of nitrogens with one attached hydrogen (secondary N) is 1. The van der Waals surface area contributed by atoms with Gasteiger partial charge in [0.2, 0.25) is 0 Å². The van der Waals surface area contributed by atoms with Crippen LogP contribution in [0.4, 0.5) is 4.39 Å². The van der Waals surface area contributed by atoms with Crippen LogP contribution in [0.25, 0.3) is 0 Å². The molecule has 0 aliphatic rings. The number of carbonyl (C=O) groups excluding carboxylic acids is 3. The summed E-state index contributed by atoms with van der Waals surface area (Å²) in [6, 6.07) is 10.2. The first kappa shape index (κ1) is 19.4. The standard InChI is InChI=1S/C18H15ClFNO5/c1-25-17(23)12-7-5-11(6-8-12)9-21-15(22)10-26-18(24)16-13(19)3-2-4-14(16)20/h2-8H,9-10H2,1H3,(H,21,22). The Labute approximate surface area is 153 Å². The summed E-state index contributed by atoms with van der Waals surface area (Å²) >= 11 is 5.75. The summed E-state index contributed by atoms with van der Waals surface area (Å²) in [5.74, 6) is -2.87. The molecule has 2 aromatic rings. The van der Waals surface area contributed by atoms with Gasteiger partial charge in [0.15, 0.2) is 6.61 Å². The van der Waals surface area contributed by atoms with Crippen LogP contribution in [0.5, 0.6) is 0 Å². The van der Waals surface area contributed by atoms with E-state index < -0.39 is 35.8 Å². The van der Waals surface area contributed by atoms with E-state index >= 15 is 0 Å². The van der Waals surface area contributed by atoms with Gasteiger partial charge in [-0.3, -0.25) is 4.79 Å². The van der Waals surface area contributed by atoms with Crippen LogP contribution in [0.15, 0.2) is 42.5 Å². The highest BCUT2D eigenvalue weighted by molar-refractivity contribution is 6.33. The Balaban J connectivity index is 1.84. The summed E-state index contributed by atoms with van der Waals surface area (Å²) in [6.07, 6.45) is 0. The first-order valence-corrected chi connectivity index (χ1v) is 7.85. The summed E-state index contributed by atoms with van der Waals surface area (Å²) in [5, 5.41) is 2.44. The zero-order valence-corrected chi connectivity index (χ0v) is 14.5. The predicted molar refractivity (Wildman–Crippen MR) is 91.3 cm³/mol. The fourth-order valence-electron chi connectivity index (χ4n) is 2.02. The van der Waals surface area contributed by atoms with Crippen molar-refractivity contribution in [3.05, 3.63) is 70.0 Å². The summed E-state index contributed by atoms with van der Waals surface area (Å²) in [4.78, 5) is 34.9. The van der Waals surface area contributed by atoms with Gasteiger partial charge in [0, 0.05) is 6.54 Å². The van der Waals surface area contributed by atoms with Crippen molar-refractivity contribution in [2.75, 3.05) is 13.7 Å². The van der Waals surface area contributed by atoms with Crippen molar-refractivity contribution in [3.63, 3.8) is 0 Å². The summed E-state index contributed by atoms with van der Waals surface area (Å²) in [6.45, 7) is -0.415. The topological polar surface area (TPSA) is 81.7 Å². The van der Waals surface area contributed by atoms with Crippen LogP contribution in [-0.2, 0) is 20.8 Å². The molecule has 26 heavy (non-hydrogen) atoms. The van der Waals surface area contributed by atoms with E-state index in [1.165, 1.54) is 19.2 Å². The summed E-state index contributed by atoms with van der Waals surface area (Å²) in [5.41, 5.74) is 0.702. The Morgan fingerprint density at radius 3 is 2.38 bits per heavy atom. The molecule has 0 unspecified atom stereocenters. The average molecular weight is 380 g/mol. The molecule has 2 aromatic carbocycles. The molecule has 2 rings (SSSR count). The highest BCUT2D eigenvalue weighted by atomic mass is 35.5. The molecule has 0 bridgehead atoms. The number of hydrogen-bond donors (Lipinski definition) is 1. The maximum absolute atomic E-state index is 13.6. The number of esters is 2. The van der Waals surface area contributed by atoms with E-state index in [-0.39, 0.29) is 11.6 Å². The van der Waals surface area contributed by atoms with Gasteiger partial charge in [0.1, 0.15) is 11.4 Å². The third-order valence-corrected chi connectivity index (χ3v) is 3.68. The van der Waals surface area contributed by atoms with Crippen molar-refractivity contribution in [1.29, 1.82) is 0 Å². The van der Waals surface area contributed by atoms with Crippen molar-refractivity contribution in [1.82, 2.24) is 5.32 Å². The first-order chi connectivity index (χ1) is 12.4. The van der Waals surface area contributed by atoms with Crippen LogP contribution in [0, 0.1) is 5.82 Å². The van der Waals surface area contributed by atoms with Crippen molar-refractivity contribution in [2.24, 2.45) is 0 Å². The second-order valence-electron chi connectivity index (χ2n) is 5.14. The Morgan fingerprint density at radius 1 is 1.08 bits per heavy atom. The SMILES string of the molecule is COC(=O)c1ccc(CNC(=O)COC(=O)c2c(F)cccc2Cl)cc1. The number of hydrogen-bond acceptors (Lipinski definition) is 5. The van der Waals surface area contributed by atoms with Crippen molar-refractivity contribution in [3.8, 4) is 0 Å². The highest BCUT2D eigenvalue weighted by Crippen LogP contribution is 2.19. The molecule has 6 nitrogen and oxygen atoms in total. The number of amides is 1. The quantitative estimate of drug-likeness (QED) is 0.780. The Hall–Kier alpha value is -2.93. The maximum atomic E-state index is 13.6. The van der Waals surface area contributed by atoms with Gasteiger partial charge in [0.05, 0.1) is 17.7 Å². The summed E-state index contributed by atoms with van der Waals surface area (Å²) in [7, 11) is 1.28. The van der Waals surface area contributed by atoms with Crippen LogP contribution in [0.1, 0.15) is 26.3 Å². The zero-order valence-electron chi connectivity index (χ0n) is 13.8. The molecule has 136 valence electrons. The second kappa shape index (κ2) is 8.96. The predicted octanol–water partition coefficient (Wildman–Crippen LogP) is 2.74. The van der Waals surface area contributed by atoms with E-state index in [9.17, 15) is 18.8 Å². The van der Waals surface area contributed by atoms with Gasteiger partial charge in [-0.15, -0.1) is 0 Å². The normalized spacial score (nSPS) is 10.1. The highest BCUT2D eigenvalue weighted by Gasteiger charge is 2.18. The third kappa shape index (κ3) is 5.03. The van der Waals surface area contributed by atoms with Crippen LogP contribution in [0.3, 0.4) is 0 Å². The Morgan fingerprint density at radius 2 is 1.77 bits per heavy atom. The van der Waals surface area contributed by atoms with Gasteiger partial charge in [-0.2, -0.15) is 0 Å². The molecule has 0 radical (unpaired) electrons. The monoisotopic (exact) mass is 379 g/mol. The number of ether oxygens (including phenoxy) is 2. The Bertz CT molecular complexity index is 803. The summed E-state index contributed by atoms with van der Waals surface area (Å²) < 4.78 is 22.9. The van der Waals surface area contributed by atoms with Crippen molar-refractivity contribution in [2.45, 2.75) is 6.54 Å². The number of rotatable bonds is 6. The zero-order chi connectivity index (χ0) is 19.1. The van der Waals surface area contributed by atoms with Gasteiger partial charge in [0.25, 0.3) is 5.91 Å². The fraction of sp³-hybridized carbons (Fsp3) is 0.167. The number of carbonyl (C=O) groups is 3.